The van der Waals surface area contributed by atoms with Crippen molar-refractivity contribution in [1.29, 1.82) is 0 Å². The third kappa shape index (κ3) is 327. The molecule has 0 fully saturated rings. The summed E-state index contributed by atoms with van der Waals surface area (Å²) in [4.78, 5) is 14.3. The van der Waals surface area contributed by atoms with E-state index in [-0.39, 0.29) is 37.7 Å². The summed E-state index contributed by atoms with van der Waals surface area (Å²) in [7, 11) is -3.13. The van der Waals surface area contributed by atoms with Crippen molar-refractivity contribution >= 4 is 46.9 Å². The van der Waals surface area contributed by atoms with Crippen molar-refractivity contribution in [3.8, 4) is 0 Å². The number of rotatable bonds is 0. The van der Waals surface area contributed by atoms with Crippen LogP contribution in [0.2, 0.25) is 0 Å². The van der Waals surface area contributed by atoms with Crippen molar-refractivity contribution in [2.45, 2.75) is 0 Å². The van der Waals surface area contributed by atoms with Gasteiger partial charge in [0, 0.05) is 0 Å². The van der Waals surface area contributed by atoms with E-state index in [2.05, 4.69) is 0 Å². The molecule has 0 atom stereocenters. The van der Waals surface area contributed by atoms with Gasteiger partial charge in [-0.15, -0.1) is 0 Å². The first kappa shape index (κ1) is 17.5. The fraction of sp³-hybridized carbons (Fsp3) is 0. The number of hydrogen-bond donors (Lipinski definition) is 6. The van der Waals surface area contributed by atoms with Crippen molar-refractivity contribution in [2.75, 3.05) is 0 Å². The molecule has 0 heterocycles. The average molecular weight is 236 g/mol. The van der Waals surface area contributed by atoms with Crippen LogP contribution in [0, 0.1) is 0 Å². The Morgan fingerprint density at radius 3 is 1.00 bits per heavy atom. The van der Waals surface area contributed by atoms with Crippen LogP contribution < -0.4 is 0 Å². The van der Waals surface area contributed by atoms with Crippen LogP contribution in [0.1, 0.15) is 0 Å². The molecule has 10 heteroatoms. The normalized spacial score (nSPS) is 8.40. The molecule has 0 saturated carbocycles. The fourth-order valence-corrected chi connectivity index (χ4v) is 0. The summed E-state index contributed by atoms with van der Waals surface area (Å²) in [6, 6.07) is 0. The fourth-order valence-electron chi connectivity index (χ4n) is 0. The monoisotopic (exact) mass is 236 g/mol. The average Bonchev–Trinajstić information content (AvgIpc) is 1.19. The van der Waals surface area contributed by atoms with Crippen molar-refractivity contribution in [3.05, 3.63) is 0 Å². The van der Waals surface area contributed by atoms with Crippen LogP contribution in [-0.2, 0) is 22.6 Å². The van der Waals surface area contributed by atoms with Gasteiger partial charge in [0.2, 0.25) is 0 Å². The van der Waals surface area contributed by atoms with E-state index < -0.39 is 27.3 Å². The Bertz CT molecular complexity index is 76.1. The SMILES string of the molecule is O=[Si](O)O.[CaH2].[OH][Ti]([OH])([OH])[OH]. The van der Waals surface area contributed by atoms with Crippen LogP contribution in [0.25, 0.3) is 0 Å². The minimum absolute atomic E-state index is 0. The molecule has 0 aromatic heterocycles. The van der Waals surface area contributed by atoms with Crippen LogP contribution in [0.5, 0.6) is 0 Å². The Kier molecular flexibility index (Phi) is 14.9. The summed E-state index contributed by atoms with van der Waals surface area (Å²) >= 11 is -5.00. The Hall–Kier alpha value is 1.43. The first-order chi connectivity index (χ1) is 3.73. The summed E-state index contributed by atoms with van der Waals surface area (Å²) in [5, 5.41) is 0. The quantitative estimate of drug-likeness (QED) is 0.232. The predicted molar refractivity (Wildman–Crippen MR) is 28.3 cm³/mol. The maximum absolute atomic E-state index is 8.74. The van der Waals surface area contributed by atoms with E-state index in [0.29, 0.717) is 0 Å². The summed E-state index contributed by atoms with van der Waals surface area (Å²) in [6.07, 6.45) is 0. The van der Waals surface area contributed by atoms with Gasteiger partial charge >= 0.3 is 79.8 Å². The number of hydrogen-bond acceptors (Lipinski definition) is 5. The summed E-state index contributed by atoms with van der Waals surface area (Å²) in [5.41, 5.74) is 0. The first-order valence-corrected chi connectivity index (χ1v) is 5.64. The van der Waals surface area contributed by atoms with Crippen molar-refractivity contribution in [3.63, 3.8) is 0 Å². The Balaban J connectivity index is -0.0000000910. The second-order valence-corrected chi connectivity index (χ2v) is 3.32. The molecule has 0 saturated heterocycles. The molecule has 0 aromatic rings. The van der Waals surface area contributed by atoms with E-state index >= 15 is 0 Å². The van der Waals surface area contributed by atoms with Gasteiger partial charge in [-0.05, 0) is 0 Å². The van der Waals surface area contributed by atoms with Crippen LogP contribution >= 0.6 is 0 Å². The van der Waals surface area contributed by atoms with Crippen molar-refractivity contribution < 1.29 is 46.9 Å². The van der Waals surface area contributed by atoms with Gasteiger partial charge in [-0.2, -0.15) is 0 Å². The van der Waals surface area contributed by atoms with Crippen LogP contribution in [0.4, 0.5) is 0 Å². The van der Waals surface area contributed by atoms with Gasteiger partial charge in [-0.1, -0.05) is 0 Å². The van der Waals surface area contributed by atoms with Gasteiger partial charge < -0.3 is 9.59 Å². The van der Waals surface area contributed by atoms with Crippen LogP contribution in [0.15, 0.2) is 0 Å². The molecule has 0 radical (unpaired) electrons. The summed E-state index contributed by atoms with van der Waals surface area (Å²) in [6.45, 7) is 0. The molecular formula is H8CaO7SiTi. The van der Waals surface area contributed by atoms with Gasteiger partial charge in [-0.25, -0.2) is 0 Å². The van der Waals surface area contributed by atoms with Gasteiger partial charge in [0.1, 0.15) is 0 Å². The third-order valence-corrected chi connectivity index (χ3v) is 0. The maximum atomic E-state index is 8.74. The molecule has 0 aliphatic rings. The Morgan fingerprint density at radius 1 is 1.00 bits per heavy atom. The minimum atomic E-state index is -5.00. The zero-order valence-electron chi connectivity index (χ0n) is 4.09. The Labute approximate surface area is 92.7 Å². The van der Waals surface area contributed by atoms with Gasteiger partial charge in [0.25, 0.3) is 0 Å². The predicted octanol–water partition coefficient (Wildman–Crippen LogP) is -4.76. The molecule has 0 rings (SSSR count). The van der Waals surface area contributed by atoms with E-state index in [4.69, 9.17) is 28.8 Å². The van der Waals surface area contributed by atoms with E-state index in [1.807, 2.05) is 0 Å². The van der Waals surface area contributed by atoms with E-state index in [0.717, 1.165) is 0 Å². The molecular weight excluding hydrogens is 228 g/mol. The van der Waals surface area contributed by atoms with Crippen molar-refractivity contribution in [2.24, 2.45) is 0 Å². The van der Waals surface area contributed by atoms with Crippen molar-refractivity contribution in [1.82, 2.24) is 0 Å². The molecule has 0 spiro atoms. The van der Waals surface area contributed by atoms with Gasteiger partial charge in [0.05, 0.1) is 0 Å². The second-order valence-electron chi connectivity index (χ2n) is 0.883. The Morgan fingerprint density at radius 2 is 1.00 bits per heavy atom. The zero-order valence-corrected chi connectivity index (χ0v) is 6.65. The zero-order chi connectivity index (χ0) is 8.08. The van der Waals surface area contributed by atoms with E-state index in [1.54, 1.807) is 0 Å². The van der Waals surface area contributed by atoms with E-state index in [1.165, 1.54) is 0 Å². The third-order valence-electron chi connectivity index (χ3n) is 0. The van der Waals surface area contributed by atoms with Gasteiger partial charge in [0.15, 0.2) is 0 Å². The standard InChI is InChI=1S/Ca.H2O3Si.4H2O.Ti.2H/c;1-4(2)3;;;;;;;/h;1-2H;4*1H2;;;/q;;;;;;+4;;/p-4. The molecule has 0 aliphatic heterocycles. The molecule has 10 heavy (non-hydrogen) atoms. The molecule has 60 valence electrons. The molecule has 0 unspecified atom stereocenters. The molecule has 0 amide bonds. The van der Waals surface area contributed by atoms with Gasteiger partial charge in [-0.3, -0.25) is 4.46 Å². The summed E-state index contributed by atoms with van der Waals surface area (Å²) in [5.74, 6) is 0. The van der Waals surface area contributed by atoms with E-state index in [9.17, 15) is 0 Å². The molecule has 0 bridgehead atoms. The molecule has 0 aromatic carbocycles. The first-order valence-electron chi connectivity index (χ1n) is 1.55. The molecule has 0 aliphatic carbocycles. The van der Waals surface area contributed by atoms with Crippen LogP contribution in [0.3, 0.4) is 0 Å². The topological polar surface area (TPSA) is 138 Å². The van der Waals surface area contributed by atoms with Crippen LogP contribution in [-0.4, -0.2) is 71.3 Å². The summed E-state index contributed by atoms with van der Waals surface area (Å²) < 4.78 is 38.2. The molecule has 7 nitrogen and oxygen atoms in total. The molecule has 6 N–H and O–H groups in total. The second kappa shape index (κ2) is 8.53.